The minimum absolute atomic E-state index is 0.302. The molecule has 0 saturated carbocycles. The molecular formula is C11H21NO2S. The van der Waals surface area contributed by atoms with E-state index in [4.69, 9.17) is 5.11 Å². The summed E-state index contributed by atoms with van der Waals surface area (Å²) in [6.45, 7) is 7.71. The van der Waals surface area contributed by atoms with Crippen molar-refractivity contribution in [3.8, 4) is 0 Å². The van der Waals surface area contributed by atoms with Gasteiger partial charge in [0.05, 0.1) is 0 Å². The Kier molecular flexibility index (Phi) is 5.47. The van der Waals surface area contributed by atoms with Gasteiger partial charge >= 0.3 is 5.97 Å². The van der Waals surface area contributed by atoms with Crippen LogP contribution in [0.15, 0.2) is 0 Å². The number of carbonyl (C=O) groups is 1. The summed E-state index contributed by atoms with van der Waals surface area (Å²) in [6.07, 6.45) is 1.08. The molecule has 1 atom stereocenters. The maximum absolute atomic E-state index is 10.4. The Morgan fingerprint density at radius 2 is 2.33 bits per heavy atom. The van der Waals surface area contributed by atoms with Crippen LogP contribution in [0.4, 0.5) is 0 Å². The number of thioether (sulfide) groups is 1. The van der Waals surface area contributed by atoms with Crippen molar-refractivity contribution < 1.29 is 9.90 Å². The first-order valence-electron chi connectivity index (χ1n) is 5.65. The number of carboxylic acid groups (broad SMARTS) is 1. The molecule has 0 unspecified atom stereocenters. The van der Waals surface area contributed by atoms with Crippen molar-refractivity contribution in [2.75, 3.05) is 25.4 Å². The van der Waals surface area contributed by atoms with Gasteiger partial charge in [-0.05, 0) is 18.9 Å². The first-order valence-corrected chi connectivity index (χ1v) is 6.70. The molecule has 0 bridgehead atoms. The summed E-state index contributed by atoms with van der Waals surface area (Å²) in [6, 6.07) is 0. The van der Waals surface area contributed by atoms with E-state index in [2.05, 4.69) is 30.5 Å². The van der Waals surface area contributed by atoms with Gasteiger partial charge in [-0.25, -0.2) is 0 Å². The summed E-state index contributed by atoms with van der Waals surface area (Å²) >= 11 is 2.06. The third-order valence-corrected chi connectivity index (χ3v) is 4.33. The molecule has 1 aliphatic heterocycles. The van der Waals surface area contributed by atoms with Crippen molar-refractivity contribution in [3.05, 3.63) is 0 Å². The lowest BCUT2D eigenvalue weighted by Crippen LogP contribution is -2.40. The Hall–Kier alpha value is -0.220. The molecule has 1 heterocycles. The minimum atomic E-state index is -0.679. The molecule has 0 spiro atoms. The largest absolute Gasteiger partial charge is 0.481 e. The van der Waals surface area contributed by atoms with Gasteiger partial charge in [0.2, 0.25) is 0 Å². The molecule has 0 aliphatic carbocycles. The van der Waals surface area contributed by atoms with E-state index in [1.807, 2.05) is 0 Å². The predicted octanol–water partition coefficient (Wildman–Crippen LogP) is 1.92. The zero-order chi connectivity index (χ0) is 11.3. The summed E-state index contributed by atoms with van der Waals surface area (Å²) < 4.78 is 0. The van der Waals surface area contributed by atoms with Gasteiger partial charge in [0.15, 0.2) is 0 Å². The van der Waals surface area contributed by atoms with Crippen LogP contribution in [0.25, 0.3) is 0 Å². The Bertz CT molecular complexity index is 209. The summed E-state index contributed by atoms with van der Waals surface area (Å²) in [4.78, 5) is 12.8. The lowest BCUT2D eigenvalue weighted by Gasteiger charge is -2.34. The van der Waals surface area contributed by atoms with Crippen molar-refractivity contribution in [1.29, 1.82) is 0 Å². The van der Waals surface area contributed by atoms with Crippen molar-refractivity contribution in [3.63, 3.8) is 0 Å². The number of nitrogens with zero attached hydrogens (tertiary/aromatic N) is 1. The van der Waals surface area contributed by atoms with E-state index in [1.165, 1.54) is 5.75 Å². The van der Waals surface area contributed by atoms with Gasteiger partial charge in [0, 0.05) is 30.5 Å². The van der Waals surface area contributed by atoms with Crippen molar-refractivity contribution in [2.24, 2.45) is 5.92 Å². The van der Waals surface area contributed by atoms with E-state index < -0.39 is 5.97 Å². The summed E-state index contributed by atoms with van der Waals surface area (Å²) in [7, 11) is 0. The van der Waals surface area contributed by atoms with Gasteiger partial charge in [0.25, 0.3) is 0 Å². The highest BCUT2D eigenvalue weighted by molar-refractivity contribution is 8.00. The Labute approximate surface area is 96.2 Å². The molecule has 15 heavy (non-hydrogen) atoms. The van der Waals surface area contributed by atoms with Crippen LogP contribution in [0.3, 0.4) is 0 Å². The van der Waals surface area contributed by atoms with Crippen LogP contribution in [-0.4, -0.2) is 46.6 Å². The molecule has 1 fully saturated rings. The average Bonchev–Trinajstić information content (AvgIpc) is 2.17. The van der Waals surface area contributed by atoms with Crippen LogP contribution in [-0.2, 0) is 4.79 Å². The number of hydrogen-bond donors (Lipinski definition) is 1. The Balaban J connectivity index is 2.21. The van der Waals surface area contributed by atoms with E-state index >= 15 is 0 Å². The molecule has 1 rings (SSSR count). The minimum Gasteiger partial charge on any atom is -0.481 e. The highest BCUT2D eigenvalue weighted by Gasteiger charge is 2.22. The molecule has 0 radical (unpaired) electrons. The topological polar surface area (TPSA) is 40.5 Å². The second-order valence-corrected chi connectivity index (χ2v) is 5.80. The third-order valence-electron chi connectivity index (χ3n) is 2.79. The number of rotatable bonds is 5. The fourth-order valence-electron chi connectivity index (χ4n) is 1.79. The van der Waals surface area contributed by atoms with E-state index in [-0.39, 0.29) is 0 Å². The summed E-state index contributed by atoms with van der Waals surface area (Å²) in [5, 5.41) is 9.29. The number of carboxylic acids is 1. The Morgan fingerprint density at radius 1 is 1.60 bits per heavy atom. The van der Waals surface area contributed by atoms with Gasteiger partial charge in [-0.15, -0.1) is 0 Å². The molecule has 1 saturated heterocycles. The van der Waals surface area contributed by atoms with Crippen LogP contribution < -0.4 is 0 Å². The molecular weight excluding hydrogens is 210 g/mol. The van der Waals surface area contributed by atoms with Gasteiger partial charge in [0.1, 0.15) is 0 Å². The molecule has 3 nitrogen and oxygen atoms in total. The Morgan fingerprint density at radius 3 is 2.93 bits per heavy atom. The molecule has 88 valence electrons. The fraction of sp³-hybridized carbons (Fsp3) is 0.909. The molecule has 1 N–H and O–H groups in total. The lowest BCUT2D eigenvalue weighted by molar-refractivity contribution is -0.137. The standard InChI is InChI=1S/C11H21NO2S/c1-9(2)10-8-12(6-7-15-10)5-3-4-11(13)14/h9-10H,3-8H2,1-2H3,(H,13,14)/t10-/m0/s1. The van der Waals surface area contributed by atoms with E-state index in [1.54, 1.807) is 0 Å². The van der Waals surface area contributed by atoms with Crippen molar-refractivity contribution >= 4 is 17.7 Å². The van der Waals surface area contributed by atoms with Gasteiger partial charge in [-0.1, -0.05) is 13.8 Å². The quantitative estimate of drug-likeness (QED) is 0.785. The molecule has 0 aromatic rings. The molecule has 1 aliphatic rings. The van der Waals surface area contributed by atoms with E-state index in [0.29, 0.717) is 6.42 Å². The maximum Gasteiger partial charge on any atom is 0.303 e. The van der Waals surface area contributed by atoms with Gasteiger partial charge in [-0.3, -0.25) is 4.79 Å². The monoisotopic (exact) mass is 231 g/mol. The average molecular weight is 231 g/mol. The van der Waals surface area contributed by atoms with Crippen LogP contribution in [0.1, 0.15) is 26.7 Å². The highest BCUT2D eigenvalue weighted by Crippen LogP contribution is 2.24. The first-order chi connectivity index (χ1) is 7.09. The smallest absolute Gasteiger partial charge is 0.303 e. The van der Waals surface area contributed by atoms with Gasteiger partial charge < -0.3 is 10.0 Å². The van der Waals surface area contributed by atoms with Crippen molar-refractivity contribution in [1.82, 2.24) is 4.90 Å². The zero-order valence-corrected chi connectivity index (χ0v) is 10.4. The number of hydrogen-bond acceptors (Lipinski definition) is 3. The normalized spacial score (nSPS) is 23.3. The van der Waals surface area contributed by atoms with E-state index in [9.17, 15) is 4.79 Å². The molecule has 0 amide bonds. The maximum atomic E-state index is 10.4. The summed E-state index contributed by atoms with van der Waals surface area (Å²) in [5.74, 6) is 1.23. The summed E-state index contributed by atoms with van der Waals surface area (Å²) in [5.41, 5.74) is 0. The van der Waals surface area contributed by atoms with Crippen LogP contribution in [0.2, 0.25) is 0 Å². The SMILES string of the molecule is CC(C)[C@@H]1CN(CCCC(=O)O)CCS1. The molecule has 4 heteroatoms. The lowest BCUT2D eigenvalue weighted by atomic mass is 10.1. The predicted molar refractivity (Wildman–Crippen MR) is 64.4 cm³/mol. The number of aliphatic carboxylic acids is 1. The first kappa shape index (κ1) is 12.8. The van der Waals surface area contributed by atoms with Gasteiger partial charge in [-0.2, -0.15) is 11.8 Å². The zero-order valence-electron chi connectivity index (χ0n) is 9.61. The molecule has 0 aromatic heterocycles. The van der Waals surface area contributed by atoms with E-state index in [0.717, 1.165) is 37.2 Å². The molecule has 0 aromatic carbocycles. The third kappa shape index (κ3) is 4.89. The van der Waals surface area contributed by atoms with Crippen LogP contribution in [0, 0.1) is 5.92 Å². The van der Waals surface area contributed by atoms with Crippen LogP contribution in [0.5, 0.6) is 0 Å². The second-order valence-electron chi connectivity index (χ2n) is 4.45. The van der Waals surface area contributed by atoms with Crippen molar-refractivity contribution in [2.45, 2.75) is 31.9 Å². The highest BCUT2D eigenvalue weighted by atomic mass is 32.2. The second kappa shape index (κ2) is 6.38. The fourth-order valence-corrected chi connectivity index (χ4v) is 3.16. The van der Waals surface area contributed by atoms with Crippen LogP contribution >= 0.6 is 11.8 Å².